The summed E-state index contributed by atoms with van der Waals surface area (Å²) in [7, 11) is 0. The highest BCUT2D eigenvalue weighted by molar-refractivity contribution is 5.81. The minimum Gasteiger partial charge on any atom is -0.368 e. The number of amides is 1. The van der Waals surface area contributed by atoms with Gasteiger partial charge in [-0.05, 0) is 0 Å². The number of carbonyl (C=O) groups excluding carboxylic acids is 1. The maximum Gasteiger partial charge on any atom is 0.372 e. The van der Waals surface area contributed by atoms with Crippen LogP contribution in [0.2, 0.25) is 0 Å². The lowest BCUT2D eigenvalue weighted by Gasteiger charge is -1.93. The Bertz CT molecular complexity index is 431. The van der Waals surface area contributed by atoms with E-state index in [9.17, 15) is 14.9 Å². The lowest BCUT2D eigenvalue weighted by molar-refractivity contribution is -0.492. The highest BCUT2D eigenvalue weighted by atomic mass is 16.6. The van der Waals surface area contributed by atoms with E-state index in [1.54, 1.807) is 0 Å². The third-order valence-electron chi connectivity index (χ3n) is 1.29. The van der Waals surface area contributed by atoms with Crippen molar-refractivity contribution in [3.8, 4) is 6.07 Å². The van der Waals surface area contributed by atoms with Crippen LogP contribution < -0.4 is 22.9 Å². The molecule has 1 rings (SSSR count). The number of hydrogen-bond donors (Lipinski definition) is 4. The molecule has 0 saturated heterocycles. The van der Waals surface area contributed by atoms with Gasteiger partial charge in [-0.25, -0.2) is 0 Å². The first kappa shape index (κ1) is 14.8. The van der Waals surface area contributed by atoms with Crippen LogP contribution in [0, 0.1) is 21.4 Å². The Labute approximate surface area is 99.8 Å². The number of hydrogen-bond acceptors (Lipinski definition) is 10. The van der Waals surface area contributed by atoms with Crippen molar-refractivity contribution in [2.75, 3.05) is 17.2 Å². The first-order valence-electron chi connectivity index (χ1n) is 4.12. The van der Waals surface area contributed by atoms with Crippen molar-refractivity contribution < 1.29 is 9.72 Å². The molecule has 0 saturated carbocycles. The first-order valence-corrected chi connectivity index (χ1v) is 4.12. The van der Waals surface area contributed by atoms with Crippen LogP contribution in [0.5, 0.6) is 0 Å². The number of primary amides is 1. The molecule has 0 aliphatic heterocycles. The summed E-state index contributed by atoms with van der Waals surface area (Å²) in [6.45, 7) is 0. The summed E-state index contributed by atoms with van der Waals surface area (Å²) in [6.07, 6.45) is 0. The molecule has 1 unspecified atom stereocenters. The van der Waals surface area contributed by atoms with Crippen LogP contribution in [-0.2, 0) is 4.79 Å². The van der Waals surface area contributed by atoms with Crippen LogP contribution in [0.15, 0.2) is 0 Å². The highest BCUT2D eigenvalue weighted by Gasteiger charge is 2.25. The second kappa shape index (κ2) is 6.37. The molecule has 1 aromatic heterocycles. The molecule has 12 nitrogen and oxygen atoms in total. The first-order chi connectivity index (χ1) is 8.27. The number of nitrogens with two attached hydrogens (primary N) is 4. The van der Waals surface area contributed by atoms with Crippen molar-refractivity contribution in [2.24, 2.45) is 5.73 Å². The van der Waals surface area contributed by atoms with Gasteiger partial charge in [0.1, 0.15) is 0 Å². The number of nitrogen functional groups attached to an aromatic ring is 3. The fourth-order valence-electron chi connectivity index (χ4n) is 0.642. The molecule has 0 aromatic carbocycles. The second-order valence-electron chi connectivity index (χ2n) is 2.63. The Kier molecular flexibility index (Phi) is 5.23. The number of nitrogens with zero attached hydrogens (tertiary/aromatic N) is 5. The number of carbonyl (C=O) groups is 1. The van der Waals surface area contributed by atoms with Gasteiger partial charge in [-0.2, -0.15) is 20.2 Å². The molecule has 1 atom stereocenters. The van der Waals surface area contributed by atoms with Crippen LogP contribution in [0.1, 0.15) is 0 Å². The van der Waals surface area contributed by atoms with E-state index in [0.29, 0.717) is 0 Å². The predicted octanol–water partition coefficient (Wildman–Crippen LogP) is -2.74. The zero-order valence-electron chi connectivity index (χ0n) is 8.85. The Morgan fingerprint density at radius 1 is 1.22 bits per heavy atom. The predicted molar refractivity (Wildman–Crippen MR) is 58.7 cm³/mol. The molecule has 1 aromatic rings. The zero-order chi connectivity index (χ0) is 14.3. The Balaban J connectivity index is 0.000000321. The largest absolute Gasteiger partial charge is 0.372 e. The summed E-state index contributed by atoms with van der Waals surface area (Å²) in [5.74, 6) is -1.11. The van der Waals surface area contributed by atoms with Crippen LogP contribution in [0.3, 0.4) is 0 Å². The van der Waals surface area contributed by atoms with Gasteiger partial charge in [0.05, 0.1) is 0 Å². The summed E-state index contributed by atoms with van der Waals surface area (Å²) in [4.78, 5) is 29.0. The Hall–Kier alpha value is -3.23. The van der Waals surface area contributed by atoms with Gasteiger partial charge >= 0.3 is 11.9 Å². The van der Waals surface area contributed by atoms with Crippen molar-refractivity contribution in [1.29, 1.82) is 5.26 Å². The number of rotatable bonds is 2. The van der Waals surface area contributed by atoms with Gasteiger partial charge in [0, 0.05) is 4.92 Å². The van der Waals surface area contributed by atoms with E-state index in [0.717, 1.165) is 6.07 Å². The topological polar surface area (TPSA) is 227 Å². The van der Waals surface area contributed by atoms with Gasteiger partial charge in [-0.1, -0.05) is 0 Å². The molecular formula is C6H9N9O3. The number of anilines is 3. The molecule has 0 aliphatic carbocycles. The van der Waals surface area contributed by atoms with E-state index < -0.39 is 16.9 Å². The number of nitro groups is 1. The van der Waals surface area contributed by atoms with E-state index in [4.69, 9.17) is 22.5 Å². The smallest absolute Gasteiger partial charge is 0.368 e. The van der Waals surface area contributed by atoms with Crippen LogP contribution in [0.4, 0.5) is 17.8 Å². The molecule has 1 heterocycles. The molecular weight excluding hydrogens is 246 g/mol. The molecule has 1 amide bonds. The molecule has 0 fully saturated rings. The Morgan fingerprint density at radius 3 is 1.67 bits per heavy atom. The fourth-order valence-corrected chi connectivity index (χ4v) is 0.642. The van der Waals surface area contributed by atoms with Gasteiger partial charge in [0.15, 0.2) is 6.07 Å². The van der Waals surface area contributed by atoms with E-state index in [2.05, 4.69) is 20.7 Å². The maximum atomic E-state index is 9.93. The highest BCUT2D eigenvalue weighted by Crippen LogP contribution is 1.97. The summed E-state index contributed by atoms with van der Waals surface area (Å²) in [5.41, 5.74) is 19.9. The summed E-state index contributed by atoms with van der Waals surface area (Å²) < 4.78 is 0. The average molecular weight is 255 g/mol. The quantitative estimate of drug-likeness (QED) is 0.314. The Morgan fingerprint density at radius 2 is 1.56 bits per heavy atom. The van der Waals surface area contributed by atoms with Crippen molar-refractivity contribution >= 4 is 23.8 Å². The molecule has 0 spiro atoms. The van der Waals surface area contributed by atoms with E-state index in [-0.39, 0.29) is 17.8 Å². The van der Waals surface area contributed by atoms with Crippen molar-refractivity contribution in [3.05, 3.63) is 10.1 Å². The average Bonchev–Trinajstić information content (AvgIpc) is 2.15. The monoisotopic (exact) mass is 255 g/mol. The third-order valence-corrected chi connectivity index (χ3v) is 1.29. The lowest BCUT2D eigenvalue weighted by atomic mass is 10.3. The van der Waals surface area contributed by atoms with Crippen LogP contribution in [-0.4, -0.2) is 31.8 Å². The molecule has 0 bridgehead atoms. The van der Waals surface area contributed by atoms with Crippen molar-refractivity contribution in [2.45, 2.75) is 6.04 Å². The van der Waals surface area contributed by atoms with E-state index in [1.165, 1.54) is 0 Å². The van der Waals surface area contributed by atoms with E-state index in [1.807, 2.05) is 0 Å². The molecule has 96 valence electrons. The maximum absolute atomic E-state index is 9.93. The standard InChI is InChI=1S/C3H6N6.C3H3N3O3/c4-1-7-2(5)9-3(6)8-1;4-1-2(3(5)7)6(8)9/h(H6,4,5,6,7,8,9);2H,(H2,5,7). The molecule has 12 heteroatoms. The lowest BCUT2D eigenvalue weighted by Crippen LogP contribution is -2.33. The number of aromatic nitrogens is 3. The third kappa shape index (κ3) is 5.02. The van der Waals surface area contributed by atoms with Gasteiger partial charge < -0.3 is 22.9 Å². The van der Waals surface area contributed by atoms with Crippen LogP contribution in [0.25, 0.3) is 0 Å². The van der Waals surface area contributed by atoms with E-state index >= 15 is 0 Å². The van der Waals surface area contributed by atoms with Crippen molar-refractivity contribution in [1.82, 2.24) is 15.0 Å². The van der Waals surface area contributed by atoms with Gasteiger partial charge in [-0.3, -0.25) is 14.9 Å². The summed E-state index contributed by atoms with van der Waals surface area (Å²) in [5, 5.41) is 17.5. The molecule has 0 radical (unpaired) electrons. The fraction of sp³-hybridized carbons (Fsp3) is 0.167. The van der Waals surface area contributed by atoms with Gasteiger partial charge in [0.2, 0.25) is 17.8 Å². The summed E-state index contributed by atoms with van der Waals surface area (Å²) >= 11 is 0. The minimum absolute atomic E-state index is 0.0417. The molecule has 18 heavy (non-hydrogen) atoms. The minimum atomic E-state index is -1.91. The van der Waals surface area contributed by atoms with Gasteiger partial charge in [-0.15, -0.1) is 0 Å². The molecule has 0 aliphatic rings. The SMILES string of the molecule is N#CC(C(N)=O)[N+](=O)[O-].Nc1nc(N)nc(N)n1. The van der Waals surface area contributed by atoms with Crippen molar-refractivity contribution in [3.63, 3.8) is 0 Å². The second-order valence-corrected chi connectivity index (χ2v) is 2.63. The van der Waals surface area contributed by atoms with Crippen LogP contribution >= 0.6 is 0 Å². The van der Waals surface area contributed by atoms with Gasteiger partial charge in [0.25, 0.3) is 0 Å². The zero-order valence-corrected chi connectivity index (χ0v) is 8.85. The number of nitriles is 1. The normalized spacial score (nSPS) is 10.4. The molecule has 8 N–H and O–H groups in total. The summed E-state index contributed by atoms with van der Waals surface area (Å²) in [6, 6.07) is -0.785.